The summed E-state index contributed by atoms with van der Waals surface area (Å²) in [5.74, 6) is 0.320. The van der Waals surface area contributed by atoms with Crippen molar-refractivity contribution in [3.8, 4) is 22.8 Å². The van der Waals surface area contributed by atoms with Crippen LogP contribution >= 0.6 is 50.6 Å². The molecule has 1 aromatic heterocycles. The Morgan fingerprint density at radius 2 is 2.03 bits per heavy atom. The van der Waals surface area contributed by atoms with E-state index in [1.165, 1.54) is 41.4 Å². The van der Waals surface area contributed by atoms with Gasteiger partial charge in [-0.25, -0.2) is 14.8 Å². The van der Waals surface area contributed by atoms with E-state index < -0.39 is 5.82 Å². The summed E-state index contributed by atoms with van der Waals surface area (Å²) in [5, 5.41) is 6.31. The summed E-state index contributed by atoms with van der Waals surface area (Å²) < 4.78 is 27.1. The van der Waals surface area contributed by atoms with Crippen molar-refractivity contribution < 1.29 is 18.7 Å². The van der Waals surface area contributed by atoms with E-state index in [4.69, 9.17) is 21.1 Å². The molecule has 6 nitrogen and oxygen atoms in total. The number of nitrogens with one attached hydrogen (secondary N) is 1. The second kappa shape index (κ2) is 13.7. The van der Waals surface area contributed by atoms with Gasteiger partial charge >= 0.3 is 0 Å². The van der Waals surface area contributed by atoms with Crippen molar-refractivity contribution in [2.24, 2.45) is 5.10 Å². The van der Waals surface area contributed by atoms with E-state index >= 15 is 0 Å². The lowest BCUT2D eigenvalue weighted by Crippen LogP contribution is -2.19. The molecule has 38 heavy (non-hydrogen) atoms. The third-order valence-corrected chi connectivity index (χ3v) is 8.00. The highest BCUT2D eigenvalue weighted by Crippen LogP contribution is 2.37. The van der Waals surface area contributed by atoms with Crippen LogP contribution in [0.15, 0.2) is 80.0 Å². The number of ether oxygens (including phenoxy) is 2. The van der Waals surface area contributed by atoms with Crippen molar-refractivity contribution in [1.82, 2.24) is 10.4 Å². The Morgan fingerprint density at radius 1 is 1.21 bits per heavy atom. The highest BCUT2D eigenvalue weighted by Gasteiger charge is 2.15. The third kappa shape index (κ3) is 7.57. The number of amides is 1. The lowest BCUT2D eigenvalue weighted by molar-refractivity contribution is -0.118. The maximum Gasteiger partial charge on any atom is 0.250 e. The average molecular weight is 635 g/mol. The van der Waals surface area contributed by atoms with E-state index in [9.17, 15) is 9.18 Å². The first-order chi connectivity index (χ1) is 18.4. The Morgan fingerprint density at radius 3 is 2.79 bits per heavy atom. The minimum atomic E-state index is -0.448. The highest BCUT2D eigenvalue weighted by atomic mass is 79.9. The molecule has 0 aliphatic rings. The number of hydrogen-bond acceptors (Lipinski definition) is 7. The Kier molecular flexibility index (Phi) is 10.2. The summed E-state index contributed by atoms with van der Waals surface area (Å²) in [6.07, 6.45) is 1.50. The summed E-state index contributed by atoms with van der Waals surface area (Å²) in [6, 6.07) is 17.8. The van der Waals surface area contributed by atoms with Crippen LogP contribution < -0.4 is 14.9 Å². The van der Waals surface area contributed by atoms with Crippen molar-refractivity contribution in [1.29, 1.82) is 0 Å². The van der Waals surface area contributed by atoms with Gasteiger partial charge in [0.2, 0.25) is 0 Å². The van der Waals surface area contributed by atoms with Crippen LogP contribution in [0.2, 0.25) is 5.02 Å². The predicted molar refractivity (Wildman–Crippen MR) is 155 cm³/mol. The largest absolute Gasteiger partial charge is 0.490 e. The lowest BCUT2D eigenvalue weighted by atomic mass is 10.2. The molecule has 0 atom stereocenters. The molecule has 0 aliphatic heterocycles. The normalized spacial score (nSPS) is 11.1. The van der Waals surface area contributed by atoms with E-state index in [2.05, 4.69) is 31.4 Å². The van der Waals surface area contributed by atoms with E-state index in [-0.39, 0.29) is 28.9 Å². The molecule has 4 rings (SSSR count). The number of thioether (sulfide) groups is 1. The third-order valence-electron chi connectivity index (χ3n) is 5.04. The molecule has 3 aromatic carbocycles. The van der Waals surface area contributed by atoms with Crippen LogP contribution in [-0.4, -0.2) is 29.5 Å². The number of thiazole rings is 1. The van der Waals surface area contributed by atoms with Gasteiger partial charge in [-0.1, -0.05) is 59.8 Å². The summed E-state index contributed by atoms with van der Waals surface area (Å²) in [4.78, 5) is 16.9. The molecule has 0 fully saturated rings. The van der Waals surface area contributed by atoms with Gasteiger partial charge in [0.1, 0.15) is 12.4 Å². The second-order valence-corrected chi connectivity index (χ2v) is 11.0. The molecular weight excluding hydrogens is 613 g/mol. The molecule has 0 saturated carbocycles. The van der Waals surface area contributed by atoms with Gasteiger partial charge in [0.15, 0.2) is 15.8 Å². The van der Waals surface area contributed by atoms with Crippen LogP contribution in [0.5, 0.6) is 11.5 Å². The number of aromatic nitrogens is 1. The number of hydrazone groups is 1. The van der Waals surface area contributed by atoms with E-state index in [0.29, 0.717) is 28.1 Å². The van der Waals surface area contributed by atoms with Crippen LogP contribution in [0.1, 0.15) is 18.1 Å². The molecular formula is C27H22BrClFN3O3S2. The maximum atomic E-state index is 14.1. The second-order valence-electron chi connectivity index (χ2n) is 7.70. The maximum absolute atomic E-state index is 14.1. The summed E-state index contributed by atoms with van der Waals surface area (Å²) in [5.41, 5.74) is 5.37. The van der Waals surface area contributed by atoms with Crippen LogP contribution in [0.3, 0.4) is 0 Å². The fourth-order valence-corrected chi connectivity index (χ4v) is 5.70. The smallest absolute Gasteiger partial charge is 0.250 e. The van der Waals surface area contributed by atoms with Crippen molar-refractivity contribution in [2.45, 2.75) is 17.9 Å². The number of halogens is 3. The van der Waals surface area contributed by atoms with Crippen LogP contribution in [-0.2, 0) is 11.4 Å². The topological polar surface area (TPSA) is 72.8 Å². The van der Waals surface area contributed by atoms with Gasteiger partial charge in [-0.3, -0.25) is 4.79 Å². The van der Waals surface area contributed by atoms with E-state index in [0.717, 1.165) is 15.6 Å². The number of carbonyl (C=O) groups is 1. The van der Waals surface area contributed by atoms with Crippen molar-refractivity contribution >= 4 is 62.8 Å². The Balaban J connectivity index is 1.35. The minimum Gasteiger partial charge on any atom is -0.490 e. The molecule has 0 aliphatic carbocycles. The van der Waals surface area contributed by atoms with Gasteiger partial charge in [-0.2, -0.15) is 5.10 Å². The minimum absolute atomic E-state index is 0.0721. The van der Waals surface area contributed by atoms with Gasteiger partial charge in [0.05, 0.1) is 33.8 Å². The fraction of sp³-hybridized carbons (Fsp3) is 0.148. The molecule has 0 unspecified atom stereocenters. The van der Waals surface area contributed by atoms with Crippen LogP contribution in [0, 0.1) is 5.82 Å². The van der Waals surface area contributed by atoms with Gasteiger partial charge in [-0.15, -0.1) is 11.3 Å². The van der Waals surface area contributed by atoms with E-state index in [1.807, 2.05) is 42.6 Å². The van der Waals surface area contributed by atoms with Crippen LogP contribution in [0.25, 0.3) is 11.3 Å². The summed E-state index contributed by atoms with van der Waals surface area (Å²) in [7, 11) is 0. The molecule has 0 radical (unpaired) electrons. The van der Waals surface area contributed by atoms with Crippen molar-refractivity contribution in [3.05, 3.63) is 92.5 Å². The number of benzene rings is 3. The monoisotopic (exact) mass is 633 g/mol. The van der Waals surface area contributed by atoms with Gasteiger partial charge in [-0.05, 0) is 52.7 Å². The molecule has 0 bridgehead atoms. The molecule has 1 amide bonds. The molecule has 1 heterocycles. The zero-order chi connectivity index (χ0) is 26.9. The number of nitrogens with zero attached hydrogens (tertiary/aromatic N) is 2. The number of rotatable bonds is 11. The Hall–Kier alpha value is -2.92. The summed E-state index contributed by atoms with van der Waals surface area (Å²) in [6.45, 7) is 2.16. The Bertz CT molecular complexity index is 1420. The first-order valence-corrected chi connectivity index (χ1v) is 14.5. The van der Waals surface area contributed by atoms with Crippen molar-refractivity contribution in [3.63, 3.8) is 0 Å². The molecule has 4 aromatic rings. The number of hydrogen-bond donors (Lipinski definition) is 1. The van der Waals surface area contributed by atoms with Gasteiger partial charge < -0.3 is 9.47 Å². The van der Waals surface area contributed by atoms with Crippen LogP contribution in [0.4, 0.5) is 4.39 Å². The van der Waals surface area contributed by atoms with Gasteiger partial charge in [0.25, 0.3) is 5.91 Å². The predicted octanol–water partition coefficient (Wildman–Crippen LogP) is 7.59. The molecule has 1 N–H and O–H groups in total. The average Bonchev–Trinajstić information content (AvgIpc) is 3.38. The lowest BCUT2D eigenvalue weighted by Gasteiger charge is -2.15. The molecule has 0 saturated heterocycles. The van der Waals surface area contributed by atoms with E-state index in [1.54, 1.807) is 18.2 Å². The Labute approximate surface area is 241 Å². The quantitative estimate of drug-likeness (QED) is 0.105. The standard InChI is InChI=1S/C27H22BrClFN3O3S2/c1-2-35-24-12-17(11-20(28)26(24)36-14-19-21(29)9-6-10-22(19)30)13-31-33-25(34)16-38-27-32-23(15-37-27)18-7-4-3-5-8-18/h3-13,15H,2,14,16H2,1H3,(H,33,34)/b31-13+. The summed E-state index contributed by atoms with van der Waals surface area (Å²) >= 11 is 12.4. The van der Waals surface area contributed by atoms with Gasteiger partial charge in [0, 0.05) is 16.5 Å². The van der Waals surface area contributed by atoms with Crippen molar-refractivity contribution in [2.75, 3.05) is 12.4 Å². The first-order valence-electron chi connectivity index (χ1n) is 11.4. The molecule has 196 valence electrons. The zero-order valence-electron chi connectivity index (χ0n) is 20.1. The molecule has 0 spiro atoms. The zero-order valence-corrected chi connectivity index (χ0v) is 24.1. The number of carbonyl (C=O) groups excluding carboxylic acids is 1. The SMILES string of the molecule is CCOc1cc(/C=N/NC(=O)CSc2nc(-c3ccccc3)cs2)cc(Br)c1OCc1c(F)cccc1Cl. The highest BCUT2D eigenvalue weighted by molar-refractivity contribution is 9.10. The molecule has 11 heteroatoms. The fourth-order valence-electron chi connectivity index (χ4n) is 3.28. The first kappa shape index (κ1) is 28.1.